The Bertz CT molecular complexity index is 957. The predicted octanol–water partition coefficient (Wildman–Crippen LogP) is 6.92. The van der Waals surface area contributed by atoms with Gasteiger partial charge in [0.15, 0.2) is 0 Å². The third kappa shape index (κ3) is 2.67. The van der Waals surface area contributed by atoms with Crippen LogP contribution in [-0.2, 0) is 0 Å². The fraction of sp³-hybridized carbons (Fsp3) is 0.130. The van der Waals surface area contributed by atoms with Crippen molar-refractivity contribution in [1.29, 1.82) is 0 Å². The minimum absolute atomic E-state index is 1.20. The zero-order chi connectivity index (χ0) is 17.4. The molecule has 2 heteroatoms. The number of anilines is 3. The largest absolute Gasteiger partial charge is 0.309 e. The van der Waals surface area contributed by atoms with E-state index in [1.165, 1.54) is 44.2 Å². The molecule has 0 saturated heterocycles. The maximum Gasteiger partial charge on any atom is 0.0543 e. The monoisotopic (exact) mass is 343 g/mol. The zero-order valence-electron chi connectivity index (χ0n) is 14.8. The highest BCUT2D eigenvalue weighted by molar-refractivity contribution is 8.02. The molecule has 3 aromatic carbocycles. The molecule has 0 N–H and O–H groups in total. The highest BCUT2D eigenvalue weighted by atomic mass is 32.2. The van der Waals surface area contributed by atoms with Gasteiger partial charge < -0.3 is 4.90 Å². The molecule has 0 amide bonds. The Morgan fingerprint density at radius 1 is 0.800 bits per heavy atom. The summed E-state index contributed by atoms with van der Waals surface area (Å²) in [4.78, 5) is 3.74. The molecule has 0 saturated carbocycles. The van der Waals surface area contributed by atoms with Gasteiger partial charge in [0.05, 0.1) is 11.4 Å². The molecule has 0 aliphatic carbocycles. The van der Waals surface area contributed by atoms with Crippen molar-refractivity contribution in [3.8, 4) is 0 Å². The molecule has 0 fully saturated rings. The van der Waals surface area contributed by atoms with Gasteiger partial charge in [-0.15, -0.1) is 11.8 Å². The summed E-state index contributed by atoms with van der Waals surface area (Å²) in [6.07, 6.45) is 2.16. The molecule has 1 aliphatic rings. The topological polar surface area (TPSA) is 3.24 Å². The fourth-order valence-electron chi connectivity index (χ4n) is 3.53. The molecule has 25 heavy (non-hydrogen) atoms. The first kappa shape index (κ1) is 16.0. The first-order chi connectivity index (χ1) is 12.2. The Hall–Kier alpha value is -2.45. The summed E-state index contributed by atoms with van der Waals surface area (Å²) in [5.74, 6) is 0. The van der Waals surface area contributed by atoms with E-state index < -0.39 is 0 Å². The molecular formula is C23H21NS. The van der Waals surface area contributed by atoms with E-state index in [9.17, 15) is 0 Å². The minimum Gasteiger partial charge on any atom is -0.309 e. The number of nitrogens with zero attached hydrogens (tertiary/aromatic N) is 1. The van der Waals surface area contributed by atoms with E-state index in [0.29, 0.717) is 0 Å². The summed E-state index contributed by atoms with van der Waals surface area (Å²) in [6.45, 7) is 4.38. The minimum atomic E-state index is 1.20. The maximum atomic E-state index is 2.38. The molecule has 0 aromatic heterocycles. The Kier molecular flexibility index (Phi) is 4.14. The predicted molar refractivity (Wildman–Crippen MR) is 111 cm³/mol. The van der Waals surface area contributed by atoms with Crippen molar-refractivity contribution < 1.29 is 0 Å². The van der Waals surface area contributed by atoms with E-state index in [4.69, 9.17) is 0 Å². The van der Waals surface area contributed by atoms with E-state index in [2.05, 4.69) is 97.8 Å². The Labute approximate surface area is 154 Å². The summed E-state index contributed by atoms with van der Waals surface area (Å²) in [7, 11) is 0. The van der Waals surface area contributed by atoms with Gasteiger partial charge >= 0.3 is 0 Å². The average Bonchev–Trinajstić information content (AvgIpc) is 2.66. The second-order valence-corrected chi connectivity index (χ2v) is 7.36. The smallest absolute Gasteiger partial charge is 0.0543 e. The van der Waals surface area contributed by atoms with Crippen LogP contribution in [0, 0.1) is 6.92 Å². The first-order valence-electron chi connectivity index (χ1n) is 8.51. The van der Waals surface area contributed by atoms with Crippen molar-refractivity contribution >= 4 is 34.4 Å². The summed E-state index contributed by atoms with van der Waals surface area (Å²) < 4.78 is 0. The zero-order valence-corrected chi connectivity index (χ0v) is 15.6. The first-order valence-corrected chi connectivity index (χ1v) is 9.73. The molecular weight excluding hydrogens is 322 g/mol. The molecule has 0 bridgehead atoms. The van der Waals surface area contributed by atoms with Crippen LogP contribution in [0.4, 0.5) is 17.1 Å². The highest BCUT2D eigenvalue weighted by Crippen LogP contribution is 2.50. The maximum absolute atomic E-state index is 2.38. The van der Waals surface area contributed by atoms with Crippen LogP contribution >= 0.6 is 11.8 Å². The van der Waals surface area contributed by atoms with Crippen LogP contribution in [0.2, 0.25) is 0 Å². The summed E-state index contributed by atoms with van der Waals surface area (Å²) in [6, 6.07) is 26.1. The molecule has 0 spiro atoms. The number of thioether (sulfide) groups is 1. The lowest BCUT2D eigenvalue weighted by molar-refractivity contribution is 1.22. The van der Waals surface area contributed by atoms with Crippen LogP contribution in [-0.4, -0.2) is 6.26 Å². The third-order valence-electron chi connectivity index (χ3n) is 4.75. The summed E-state index contributed by atoms with van der Waals surface area (Å²) in [5, 5.41) is 0. The molecule has 0 atom stereocenters. The van der Waals surface area contributed by atoms with Gasteiger partial charge in [-0.05, 0) is 54.8 Å². The molecule has 1 nitrogen and oxygen atoms in total. The van der Waals surface area contributed by atoms with Crippen LogP contribution < -0.4 is 4.90 Å². The van der Waals surface area contributed by atoms with E-state index in [1.54, 1.807) is 0 Å². The van der Waals surface area contributed by atoms with Crippen molar-refractivity contribution in [2.45, 2.75) is 13.8 Å². The van der Waals surface area contributed by atoms with Crippen molar-refractivity contribution in [3.63, 3.8) is 0 Å². The van der Waals surface area contributed by atoms with Crippen LogP contribution in [0.3, 0.4) is 0 Å². The molecule has 0 radical (unpaired) electrons. The summed E-state index contributed by atoms with van der Waals surface area (Å²) >= 11 is 1.82. The lowest BCUT2D eigenvalue weighted by atomic mass is 9.88. The molecule has 3 aromatic rings. The van der Waals surface area contributed by atoms with Crippen molar-refractivity contribution in [2.75, 3.05) is 11.2 Å². The van der Waals surface area contributed by atoms with Gasteiger partial charge in [0.2, 0.25) is 0 Å². The Morgan fingerprint density at radius 2 is 1.48 bits per heavy atom. The number of para-hydroxylation sites is 2. The van der Waals surface area contributed by atoms with Gasteiger partial charge in [0.1, 0.15) is 0 Å². The van der Waals surface area contributed by atoms with Gasteiger partial charge in [-0.25, -0.2) is 0 Å². The molecule has 0 unspecified atom stereocenters. The molecule has 124 valence electrons. The number of rotatable bonds is 2. The number of allylic oxidation sites excluding steroid dienone is 1. The quantitative estimate of drug-likeness (QED) is 0.388. The van der Waals surface area contributed by atoms with Crippen molar-refractivity contribution in [2.24, 2.45) is 0 Å². The van der Waals surface area contributed by atoms with Gasteiger partial charge in [-0.1, -0.05) is 48.5 Å². The number of hydrogen-bond acceptors (Lipinski definition) is 2. The highest BCUT2D eigenvalue weighted by Gasteiger charge is 2.28. The Morgan fingerprint density at radius 3 is 2.24 bits per heavy atom. The number of aryl methyl sites for hydroxylation is 1. The van der Waals surface area contributed by atoms with Gasteiger partial charge in [0.25, 0.3) is 0 Å². The third-order valence-corrected chi connectivity index (χ3v) is 5.57. The van der Waals surface area contributed by atoms with E-state index in [-0.39, 0.29) is 0 Å². The van der Waals surface area contributed by atoms with Crippen molar-refractivity contribution in [3.05, 3.63) is 94.4 Å². The van der Waals surface area contributed by atoms with Crippen LogP contribution in [0.5, 0.6) is 0 Å². The molecule has 1 heterocycles. The standard InChI is InChI=1S/C23H21NS/c1-16-13-14-20-22(15-16)24(18-9-5-4-6-10-18)21-12-8-7-11-19(21)23(20)17(2)25-3/h4-15H,1-3H3/b23-17-. The van der Waals surface area contributed by atoms with Gasteiger partial charge in [-0.2, -0.15) is 0 Å². The number of hydrogen-bond donors (Lipinski definition) is 0. The normalized spacial score (nSPS) is 14.8. The van der Waals surface area contributed by atoms with Gasteiger partial charge in [0, 0.05) is 22.4 Å². The Balaban J connectivity index is 2.08. The fourth-order valence-corrected chi connectivity index (χ4v) is 3.95. The SMILES string of the molecule is CS/C(C)=C1/c2ccccc2N(c2ccccc2)c2cc(C)ccc21. The summed E-state index contributed by atoms with van der Waals surface area (Å²) in [5.41, 5.74) is 8.94. The van der Waals surface area contributed by atoms with E-state index >= 15 is 0 Å². The lowest BCUT2D eigenvalue weighted by Gasteiger charge is -2.35. The van der Waals surface area contributed by atoms with E-state index in [0.717, 1.165) is 0 Å². The second kappa shape index (κ2) is 6.45. The average molecular weight is 343 g/mol. The van der Waals surface area contributed by atoms with Crippen molar-refractivity contribution in [1.82, 2.24) is 0 Å². The molecule has 4 rings (SSSR count). The lowest BCUT2D eigenvalue weighted by Crippen LogP contribution is -2.18. The van der Waals surface area contributed by atoms with E-state index in [1.807, 2.05) is 11.8 Å². The van der Waals surface area contributed by atoms with Crippen LogP contribution in [0.25, 0.3) is 5.57 Å². The van der Waals surface area contributed by atoms with Gasteiger partial charge in [-0.3, -0.25) is 0 Å². The second-order valence-electron chi connectivity index (χ2n) is 6.34. The molecule has 1 aliphatic heterocycles. The number of benzene rings is 3. The van der Waals surface area contributed by atoms with Crippen LogP contribution in [0.15, 0.2) is 77.7 Å². The number of fused-ring (bicyclic) bond motifs is 2. The van der Waals surface area contributed by atoms with Crippen LogP contribution in [0.1, 0.15) is 23.6 Å².